The molecule has 5 heteroatoms. The molecule has 0 bridgehead atoms. The van der Waals surface area contributed by atoms with E-state index >= 15 is 0 Å². The number of halogens is 1. The van der Waals surface area contributed by atoms with E-state index in [9.17, 15) is 9.90 Å². The van der Waals surface area contributed by atoms with Gasteiger partial charge >= 0.3 is 0 Å². The highest BCUT2D eigenvalue weighted by molar-refractivity contribution is 9.11. The van der Waals surface area contributed by atoms with Crippen LogP contribution < -0.4 is 5.32 Å². The molecule has 2 rings (SSSR count). The molecule has 0 radical (unpaired) electrons. The largest absolute Gasteiger partial charge is 0.394 e. The second-order valence-corrected chi connectivity index (χ2v) is 6.94. The van der Waals surface area contributed by atoms with Crippen molar-refractivity contribution in [1.82, 2.24) is 5.32 Å². The smallest absolute Gasteiger partial charge is 0.244 e. The third kappa shape index (κ3) is 3.43. The zero-order chi connectivity index (χ0) is 13.0. The lowest BCUT2D eigenvalue weighted by Crippen LogP contribution is -2.48. The van der Waals surface area contributed by atoms with Crippen LogP contribution in [0.3, 0.4) is 0 Å². The normalized spacial score (nSPS) is 18.3. The molecule has 1 aliphatic carbocycles. The molecular formula is C13H16BrNO2S. The minimum atomic E-state index is -0.392. The Kier molecular flexibility index (Phi) is 4.59. The Balaban J connectivity index is 1.94. The summed E-state index contributed by atoms with van der Waals surface area (Å²) >= 11 is 4.97. The van der Waals surface area contributed by atoms with E-state index in [4.69, 9.17) is 0 Å². The van der Waals surface area contributed by atoms with E-state index in [-0.39, 0.29) is 12.5 Å². The van der Waals surface area contributed by atoms with Crippen LogP contribution in [0.1, 0.15) is 31.2 Å². The molecule has 0 atom stereocenters. The van der Waals surface area contributed by atoms with Gasteiger partial charge in [-0.05, 0) is 51.9 Å². The number of amides is 1. The number of nitrogens with one attached hydrogen (secondary N) is 1. The number of carbonyl (C=O) groups excluding carboxylic acids is 1. The predicted molar refractivity (Wildman–Crippen MR) is 77.5 cm³/mol. The number of thiophene rings is 1. The van der Waals surface area contributed by atoms with Gasteiger partial charge in [0.2, 0.25) is 5.91 Å². The number of hydrogen-bond acceptors (Lipinski definition) is 3. The van der Waals surface area contributed by atoms with Gasteiger partial charge in [0.25, 0.3) is 0 Å². The monoisotopic (exact) mass is 329 g/mol. The van der Waals surface area contributed by atoms with Gasteiger partial charge in [0.15, 0.2) is 0 Å². The Morgan fingerprint density at radius 3 is 2.83 bits per heavy atom. The fourth-order valence-corrected chi connectivity index (χ4v) is 3.40. The van der Waals surface area contributed by atoms with Crippen LogP contribution in [-0.2, 0) is 4.79 Å². The molecule has 0 spiro atoms. The number of aliphatic hydroxyl groups is 1. The second-order valence-electron chi connectivity index (χ2n) is 4.65. The lowest BCUT2D eigenvalue weighted by atomic mass is 9.99. The summed E-state index contributed by atoms with van der Waals surface area (Å²) in [5, 5.41) is 14.3. The van der Waals surface area contributed by atoms with Gasteiger partial charge in [0, 0.05) is 6.08 Å². The molecule has 1 fully saturated rings. The first kappa shape index (κ1) is 13.8. The van der Waals surface area contributed by atoms with Crippen LogP contribution in [0.4, 0.5) is 0 Å². The fraction of sp³-hybridized carbons (Fsp3) is 0.462. The number of hydrogen-bond donors (Lipinski definition) is 2. The summed E-state index contributed by atoms with van der Waals surface area (Å²) < 4.78 is 1.05. The molecule has 0 unspecified atom stereocenters. The molecule has 0 saturated heterocycles. The molecule has 1 aromatic heterocycles. The molecule has 1 amide bonds. The standard InChI is InChI=1S/C13H16BrNO2S/c14-11-7-10(8-18-11)3-4-12(17)15-13(9-16)5-1-2-6-13/h3-4,7-8,16H,1-2,5-6,9H2,(H,15,17)/b4-3+. The first-order chi connectivity index (χ1) is 8.63. The molecule has 1 heterocycles. The van der Waals surface area contributed by atoms with Gasteiger partial charge in [-0.3, -0.25) is 4.79 Å². The fourth-order valence-electron chi connectivity index (χ4n) is 2.26. The van der Waals surface area contributed by atoms with Crippen LogP contribution in [0.25, 0.3) is 6.08 Å². The summed E-state index contributed by atoms with van der Waals surface area (Å²) in [6, 6.07) is 1.96. The summed E-state index contributed by atoms with van der Waals surface area (Å²) in [5.41, 5.74) is 0.614. The molecule has 1 saturated carbocycles. The van der Waals surface area contributed by atoms with E-state index in [1.54, 1.807) is 17.4 Å². The maximum absolute atomic E-state index is 11.8. The van der Waals surface area contributed by atoms with Crippen LogP contribution in [0.15, 0.2) is 21.3 Å². The number of rotatable bonds is 4. The van der Waals surface area contributed by atoms with Crippen LogP contribution in [0, 0.1) is 0 Å². The first-order valence-electron chi connectivity index (χ1n) is 5.99. The van der Waals surface area contributed by atoms with Crippen LogP contribution in [-0.4, -0.2) is 23.2 Å². The molecule has 2 N–H and O–H groups in total. The highest BCUT2D eigenvalue weighted by Gasteiger charge is 2.33. The zero-order valence-corrected chi connectivity index (χ0v) is 12.4. The Hall–Kier alpha value is -0.650. The van der Waals surface area contributed by atoms with Crippen LogP contribution in [0.5, 0.6) is 0 Å². The molecule has 18 heavy (non-hydrogen) atoms. The predicted octanol–water partition coefficient (Wildman–Crippen LogP) is 2.95. The Labute approximate surface area is 119 Å². The van der Waals surface area contributed by atoms with Crippen molar-refractivity contribution in [2.45, 2.75) is 31.2 Å². The van der Waals surface area contributed by atoms with E-state index in [0.717, 1.165) is 35.0 Å². The maximum atomic E-state index is 11.8. The van der Waals surface area contributed by atoms with E-state index in [0.29, 0.717) is 0 Å². The van der Waals surface area contributed by atoms with E-state index in [2.05, 4.69) is 21.2 Å². The lowest BCUT2D eigenvalue weighted by Gasteiger charge is -2.27. The zero-order valence-electron chi connectivity index (χ0n) is 9.99. The highest BCUT2D eigenvalue weighted by atomic mass is 79.9. The molecule has 98 valence electrons. The van der Waals surface area contributed by atoms with Crippen molar-refractivity contribution < 1.29 is 9.90 Å². The molecule has 3 nitrogen and oxygen atoms in total. The Morgan fingerprint density at radius 2 is 2.28 bits per heavy atom. The SMILES string of the molecule is O=C(/C=C/c1csc(Br)c1)NC1(CO)CCCC1. The summed E-state index contributed by atoms with van der Waals surface area (Å²) in [6.07, 6.45) is 7.20. The van der Waals surface area contributed by atoms with Crippen LogP contribution in [0.2, 0.25) is 0 Å². The van der Waals surface area contributed by atoms with E-state index in [1.165, 1.54) is 6.08 Å². The molecular weight excluding hydrogens is 314 g/mol. The Bertz CT molecular complexity index is 450. The van der Waals surface area contributed by atoms with Crippen molar-refractivity contribution >= 4 is 39.2 Å². The average Bonchev–Trinajstić information content (AvgIpc) is 2.97. The minimum absolute atomic E-state index is 0.0244. The third-order valence-corrected chi connectivity index (χ3v) is 4.79. The summed E-state index contributed by atoms with van der Waals surface area (Å²) in [7, 11) is 0. The summed E-state index contributed by atoms with van der Waals surface area (Å²) in [6.45, 7) is 0.0244. The molecule has 1 aliphatic rings. The number of aliphatic hydroxyl groups excluding tert-OH is 1. The number of carbonyl (C=O) groups is 1. The van der Waals surface area contributed by atoms with Gasteiger partial charge in [0.05, 0.1) is 15.9 Å². The van der Waals surface area contributed by atoms with Gasteiger partial charge in [-0.25, -0.2) is 0 Å². The van der Waals surface area contributed by atoms with Gasteiger partial charge < -0.3 is 10.4 Å². The highest BCUT2D eigenvalue weighted by Crippen LogP contribution is 2.29. The summed E-state index contributed by atoms with van der Waals surface area (Å²) in [4.78, 5) is 11.8. The van der Waals surface area contributed by atoms with Gasteiger partial charge in [-0.15, -0.1) is 11.3 Å². The quantitative estimate of drug-likeness (QED) is 0.834. The van der Waals surface area contributed by atoms with Crippen molar-refractivity contribution in [1.29, 1.82) is 0 Å². The van der Waals surface area contributed by atoms with Gasteiger partial charge in [-0.1, -0.05) is 12.8 Å². The average molecular weight is 330 g/mol. The van der Waals surface area contributed by atoms with E-state index < -0.39 is 5.54 Å². The summed E-state index contributed by atoms with van der Waals surface area (Å²) in [5.74, 6) is -0.131. The van der Waals surface area contributed by atoms with Crippen molar-refractivity contribution in [3.8, 4) is 0 Å². The topological polar surface area (TPSA) is 49.3 Å². The first-order valence-corrected chi connectivity index (χ1v) is 7.66. The van der Waals surface area contributed by atoms with E-state index in [1.807, 2.05) is 11.4 Å². The Morgan fingerprint density at radius 1 is 1.56 bits per heavy atom. The van der Waals surface area contributed by atoms with Crippen molar-refractivity contribution in [2.24, 2.45) is 0 Å². The van der Waals surface area contributed by atoms with Crippen molar-refractivity contribution in [3.05, 3.63) is 26.9 Å². The van der Waals surface area contributed by atoms with Gasteiger partial charge in [0.1, 0.15) is 0 Å². The van der Waals surface area contributed by atoms with Crippen molar-refractivity contribution in [2.75, 3.05) is 6.61 Å². The minimum Gasteiger partial charge on any atom is -0.394 e. The molecule has 0 aliphatic heterocycles. The molecule has 0 aromatic carbocycles. The molecule has 1 aromatic rings. The third-order valence-electron chi connectivity index (χ3n) is 3.27. The maximum Gasteiger partial charge on any atom is 0.244 e. The van der Waals surface area contributed by atoms with Crippen molar-refractivity contribution in [3.63, 3.8) is 0 Å². The van der Waals surface area contributed by atoms with Gasteiger partial charge in [-0.2, -0.15) is 0 Å². The van der Waals surface area contributed by atoms with Crippen LogP contribution >= 0.6 is 27.3 Å². The lowest BCUT2D eigenvalue weighted by molar-refractivity contribution is -0.118. The second kappa shape index (κ2) is 5.99.